The number of rotatable bonds is 0. The van der Waals surface area contributed by atoms with Crippen LogP contribution >= 0.6 is 23.2 Å². The summed E-state index contributed by atoms with van der Waals surface area (Å²) in [5, 5.41) is 10.5. The summed E-state index contributed by atoms with van der Waals surface area (Å²) in [5.41, 5.74) is 1.11. The number of pyridine rings is 1. The molecule has 0 spiro atoms. The van der Waals surface area contributed by atoms with E-state index in [-0.39, 0.29) is 0 Å². The van der Waals surface area contributed by atoms with Crippen LogP contribution in [-0.4, -0.2) is 4.98 Å². The van der Waals surface area contributed by atoms with Gasteiger partial charge in [-0.15, -0.1) is 0 Å². The summed E-state index contributed by atoms with van der Waals surface area (Å²) in [6.07, 6.45) is 1.60. The van der Waals surface area contributed by atoms with Crippen molar-refractivity contribution in [2.75, 3.05) is 0 Å². The van der Waals surface area contributed by atoms with Crippen molar-refractivity contribution in [2.24, 2.45) is 0 Å². The summed E-state index contributed by atoms with van der Waals surface area (Å²) in [6, 6.07) is 6.96. The van der Waals surface area contributed by atoms with Gasteiger partial charge in [0.05, 0.1) is 21.1 Å². The van der Waals surface area contributed by atoms with Gasteiger partial charge in [-0.25, -0.2) is 0 Å². The monoisotopic (exact) mass is 222 g/mol. The lowest BCUT2D eigenvalue weighted by atomic mass is 10.1. The summed E-state index contributed by atoms with van der Waals surface area (Å²) in [5.74, 6) is 0. The fourth-order valence-electron chi connectivity index (χ4n) is 1.22. The number of nitrogens with zero attached hydrogens (tertiary/aromatic N) is 2. The molecule has 1 aromatic heterocycles. The molecule has 2 nitrogen and oxygen atoms in total. The minimum absolute atomic E-state index is 0.398. The maximum absolute atomic E-state index is 8.77. The van der Waals surface area contributed by atoms with Crippen LogP contribution in [0.4, 0.5) is 0 Å². The van der Waals surface area contributed by atoms with Gasteiger partial charge < -0.3 is 0 Å². The lowest BCUT2D eigenvalue weighted by Crippen LogP contribution is -1.83. The van der Waals surface area contributed by atoms with Crippen molar-refractivity contribution in [2.45, 2.75) is 0 Å². The quantitative estimate of drug-likeness (QED) is 0.686. The second kappa shape index (κ2) is 3.45. The van der Waals surface area contributed by atoms with Crippen LogP contribution in [0.25, 0.3) is 10.9 Å². The molecule has 4 heteroatoms. The molecule has 0 bridgehead atoms. The lowest BCUT2D eigenvalue weighted by Gasteiger charge is -2.01. The molecule has 2 rings (SSSR count). The highest BCUT2D eigenvalue weighted by atomic mass is 35.5. The molecule has 1 heterocycles. The second-order valence-electron chi connectivity index (χ2n) is 2.75. The molecular formula is C10H4Cl2N2. The van der Waals surface area contributed by atoms with Crippen LogP contribution in [0.3, 0.4) is 0 Å². The van der Waals surface area contributed by atoms with Crippen molar-refractivity contribution in [3.63, 3.8) is 0 Å². The van der Waals surface area contributed by atoms with Gasteiger partial charge >= 0.3 is 0 Å². The molecule has 0 saturated heterocycles. The lowest BCUT2D eigenvalue weighted by molar-refractivity contribution is 1.40. The van der Waals surface area contributed by atoms with E-state index >= 15 is 0 Å². The Labute approximate surface area is 90.7 Å². The average molecular weight is 223 g/mol. The molecule has 0 atom stereocenters. The predicted molar refractivity (Wildman–Crippen MR) is 56.5 cm³/mol. The van der Waals surface area contributed by atoms with Crippen LogP contribution in [0, 0.1) is 11.3 Å². The Hall–Kier alpha value is -1.30. The molecule has 0 aliphatic carbocycles. The van der Waals surface area contributed by atoms with Gasteiger partial charge in [0.15, 0.2) is 0 Å². The van der Waals surface area contributed by atoms with Gasteiger partial charge in [0.2, 0.25) is 0 Å². The number of nitriles is 1. The number of hydrogen-bond acceptors (Lipinski definition) is 2. The van der Waals surface area contributed by atoms with E-state index in [1.165, 1.54) is 0 Å². The minimum atomic E-state index is 0.398. The summed E-state index contributed by atoms with van der Waals surface area (Å²) in [4.78, 5) is 4.10. The smallest absolute Gasteiger partial charge is 0.101 e. The molecule has 1 aromatic carbocycles. The summed E-state index contributed by atoms with van der Waals surface area (Å²) >= 11 is 11.8. The molecule has 0 aliphatic rings. The van der Waals surface area contributed by atoms with Gasteiger partial charge in [-0.05, 0) is 18.2 Å². The van der Waals surface area contributed by atoms with Gasteiger partial charge in [-0.1, -0.05) is 23.2 Å². The average Bonchev–Trinajstić information content (AvgIpc) is 2.17. The SMILES string of the molecule is N#Cc1cc2c(Cl)ccnc2cc1Cl. The van der Waals surface area contributed by atoms with Gasteiger partial charge in [0.25, 0.3) is 0 Å². The van der Waals surface area contributed by atoms with Gasteiger partial charge in [-0.3, -0.25) is 4.98 Å². The Morgan fingerprint density at radius 3 is 2.71 bits per heavy atom. The van der Waals surface area contributed by atoms with Gasteiger partial charge in [-0.2, -0.15) is 5.26 Å². The van der Waals surface area contributed by atoms with E-state index in [0.29, 0.717) is 21.1 Å². The third-order valence-electron chi connectivity index (χ3n) is 1.90. The molecule has 0 saturated carbocycles. The number of aromatic nitrogens is 1. The van der Waals surface area contributed by atoms with Crippen LogP contribution in [-0.2, 0) is 0 Å². The first-order valence-corrected chi connectivity index (χ1v) is 4.62. The van der Waals surface area contributed by atoms with E-state index in [0.717, 1.165) is 5.39 Å². The van der Waals surface area contributed by atoms with Crippen molar-refractivity contribution in [1.82, 2.24) is 4.98 Å². The van der Waals surface area contributed by atoms with E-state index in [9.17, 15) is 0 Å². The molecule has 0 fully saturated rings. The zero-order valence-corrected chi connectivity index (χ0v) is 8.47. The van der Waals surface area contributed by atoms with E-state index < -0.39 is 0 Å². The molecule has 2 aromatic rings. The first-order chi connectivity index (χ1) is 6.72. The molecule has 14 heavy (non-hydrogen) atoms. The standard InChI is InChI=1S/C10H4Cl2N2/c11-8-1-2-14-10-4-9(12)6(5-13)3-7(8)10/h1-4H. The van der Waals surface area contributed by atoms with Gasteiger partial charge in [0, 0.05) is 11.6 Å². The fraction of sp³-hybridized carbons (Fsp3) is 0. The fourth-order valence-corrected chi connectivity index (χ4v) is 1.63. The van der Waals surface area contributed by atoms with E-state index in [1.807, 2.05) is 6.07 Å². The highest BCUT2D eigenvalue weighted by molar-refractivity contribution is 6.36. The molecule has 0 aliphatic heterocycles. The van der Waals surface area contributed by atoms with E-state index in [2.05, 4.69) is 4.98 Å². The Balaban J connectivity index is 2.89. The summed E-state index contributed by atoms with van der Waals surface area (Å²) in [6.45, 7) is 0. The molecular weight excluding hydrogens is 219 g/mol. The first kappa shape index (κ1) is 9.26. The number of fused-ring (bicyclic) bond motifs is 1. The Kier molecular flexibility index (Phi) is 2.28. The second-order valence-corrected chi connectivity index (χ2v) is 3.57. The highest BCUT2D eigenvalue weighted by Crippen LogP contribution is 2.26. The van der Waals surface area contributed by atoms with Gasteiger partial charge in [0.1, 0.15) is 6.07 Å². The maximum atomic E-state index is 8.77. The van der Waals surface area contributed by atoms with Crippen LogP contribution in [0.1, 0.15) is 5.56 Å². The molecule has 0 N–H and O–H groups in total. The van der Waals surface area contributed by atoms with Crippen LogP contribution in [0.15, 0.2) is 24.4 Å². The van der Waals surface area contributed by atoms with Crippen molar-refractivity contribution >= 4 is 34.1 Å². The molecule has 68 valence electrons. The normalized spacial score (nSPS) is 10.1. The zero-order chi connectivity index (χ0) is 10.1. The number of halogens is 2. The Morgan fingerprint density at radius 1 is 1.21 bits per heavy atom. The summed E-state index contributed by atoms with van der Waals surface area (Å²) < 4.78 is 0. The van der Waals surface area contributed by atoms with Crippen LogP contribution in [0.2, 0.25) is 10.0 Å². The minimum Gasteiger partial charge on any atom is -0.256 e. The maximum Gasteiger partial charge on any atom is 0.101 e. The third kappa shape index (κ3) is 1.41. The Bertz CT molecular complexity index is 544. The van der Waals surface area contributed by atoms with E-state index in [1.54, 1.807) is 24.4 Å². The van der Waals surface area contributed by atoms with Crippen LogP contribution < -0.4 is 0 Å². The number of hydrogen-bond donors (Lipinski definition) is 0. The van der Waals surface area contributed by atoms with Crippen molar-refractivity contribution in [1.29, 1.82) is 5.26 Å². The molecule has 0 unspecified atom stereocenters. The number of benzene rings is 1. The first-order valence-electron chi connectivity index (χ1n) is 3.86. The van der Waals surface area contributed by atoms with Crippen molar-refractivity contribution in [3.8, 4) is 6.07 Å². The largest absolute Gasteiger partial charge is 0.256 e. The zero-order valence-electron chi connectivity index (χ0n) is 6.96. The third-order valence-corrected chi connectivity index (χ3v) is 2.54. The topological polar surface area (TPSA) is 36.7 Å². The molecule has 0 amide bonds. The summed E-state index contributed by atoms with van der Waals surface area (Å²) in [7, 11) is 0. The van der Waals surface area contributed by atoms with E-state index in [4.69, 9.17) is 28.5 Å². The highest BCUT2D eigenvalue weighted by Gasteiger charge is 2.05. The van der Waals surface area contributed by atoms with Crippen molar-refractivity contribution < 1.29 is 0 Å². The Morgan fingerprint density at radius 2 is 2.00 bits per heavy atom. The molecule has 0 radical (unpaired) electrons. The van der Waals surface area contributed by atoms with Crippen LogP contribution in [0.5, 0.6) is 0 Å². The predicted octanol–water partition coefficient (Wildman–Crippen LogP) is 3.41. The van der Waals surface area contributed by atoms with Crippen molar-refractivity contribution in [3.05, 3.63) is 40.0 Å².